The summed E-state index contributed by atoms with van der Waals surface area (Å²) in [4.78, 5) is 11.9. The summed E-state index contributed by atoms with van der Waals surface area (Å²) in [6.07, 6.45) is 5.40. The van der Waals surface area contributed by atoms with Crippen molar-refractivity contribution in [2.75, 3.05) is 13.1 Å². The number of aromatic nitrogens is 2. The average Bonchev–Trinajstić information content (AvgIpc) is 2.67. The van der Waals surface area contributed by atoms with Gasteiger partial charge in [-0.15, -0.1) is 0 Å². The van der Waals surface area contributed by atoms with E-state index in [1.54, 1.807) is 10.9 Å². The maximum atomic E-state index is 11.9. The van der Waals surface area contributed by atoms with Crippen molar-refractivity contribution >= 4 is 5.91 Å². The molecular weight excluding hydrogens is 216 g/mol. The Morgan fingerprint density at radius 1 is 1.65 bits per heavy atom. The zero-order valence-corrected chi connectivity index (χ0v) is 10.5. The number of nitrogens with zero attached hydrogens (tertiary/aromatic N) is 2. The van der Waals surface area contributed by atoms with Crippen LogP contribution in [0.3, 0.4) is 0 Å². The fourth-order valence-electron chi connectivity index (χ4n) is 2.23. The molecule has 0 bridgehead atoms. The van der Waals surface area contributed by atoms with Gasteiger partial charge in [0.05, 0.1) is 11.3 Å². The van der Waals surface area contributed by atoms with E-state index in [0.717, 1.165) is 18.7 Å². The molecule has 0 radical (unpaired) electrons. The minimum atomic E-state index is -0.0250. The summed E-state index contributed by atoms with van der Waals surface area (Å²) in [5, 5.41) is 10.5. The predicted molar refractivity (Wildman–Crippen MR) is 65.9 cm³/mol. The fraction of sp³-hybridized carbons (Fsp3) is 0.667. The third kappa shape index (κ3) is 3.06. The molecular formula is C12H20N4O. The van der Waals surface area contributed by atoms with Crippen molar-refractivity contribution in [3.8, 4) is 0 Å². The smallest absolute Gasteiger partial charge is 0.254 e. The summed E-state index contributed by atoms with van der Waals surface area (Å²) >= 11 is 0. The van der Waals surface area contributed by atoms with E-state index >= 15 is 0 Å². The Morgan fingerprint density at radius 3 is 3.06 bits per heavy atom. The van der Waals surface area contributed by atoms with Gasteiger partial charge in [-0.1, -0.05) is 6.42 Å². The Bertz CT molecular complexity index is 393. The summed E-state index contributed by atoms with van der Waals surface area (Å²) in [6, 6.07) is 0.421. The Labute approximate surface area is 102 Å². The van der Waals surface area contributed by atoms with Crippen molar-refractivity contribution < 1.29 is 4.79 Å². The van der Waals surface area contributed by atoms with E-state index in [1.807, 2.05) is 14.0 Å². The van der Waals surface area contributed by atoms with Crippen LogP contribution >= 0.6 is 0 Å². The minimum absolute atomic E-state index is 0.0250. The molecule has 1 unspecified atom stereocenters. The van der Waals surface area contributed by atoms with Crippen LogP contribution in [0.1, 0.15) is 35.3 Å². The lowest BCUT2D eigenvalue weighted by atomic mass is 10.1. The third-order valence-corrected chi connectivity index (χ3v) is 3.18. The SMILES string of the molecule is Cc1nn(C)cc1C(=O)NCC1CCCCN1. The maximum Gasteiger partial charge on any atom is 0.254 e. The number of hydrogen-bond acceptors (Lipinski definition) is 3. The van der Waals surface area contributed by atoms with Crippen molar-refractivity contribution in [2.24, 2.45) is 7.05 Å². The van der Waals surface area contributed by atoms with E-state index in [-0.39, 0.29) is 5.91 Å². The number of nitrogens with one attached hydrogen (secondary N) is 2. The molecule has 0 aromatic carbocycles. The first-order valence-corrected chi connectivity index (χ1v) is 6.18. The summed E-state index contributed by atoms with van der Waals surface area (Å²) in [6.45, 7) is 3.62. The van der Waals surface area contributed by atoms with Crippen LogP contribution in [0.15, 0.2) is 6.20 Å². The highest BCUT2D eigenvalue weighted by molar-refractivity contribution is 5.95. The quantitative estimate of drug-likeness (QED) is 0.808. The van der Waals surface area contributed by atoms with Crippen LogP contribution in [0, 0.1) is 6.92 Å². The molecule has 1 aromatic rings. The normalized spacial score (nSPS) is 20.2. The van der Waals surface area contributed by atoms with E-state index in [2.05, 4.69) is 15.7 Å². The standard InChI is InChI=1S/C12H20N4O/c1-9-11(8-16(2)15-9)12(17)14-7-10-5-3-4-6-13-10/h8,10,13H,3-7H2,1-2H3,(H,14,17). The van der Waals surface area contributed by atoms with Crippen LogP contribution in [0.5, 0.6) is 0 Å². The number of piperidine rings is 1. The highest BCUT2D eigenvalue weighted by Gasteiger charge is 2.16. The van der Waals surface area contributed by atoms with Crippen LogP contribution in [0.25, 0.3) is 0 Å². The lowest BCUT2D eigenvalue weighted by molar-refractivity contribution is 0.0947. The molecule has 1 atom stereocenters. The van der Waals surface area contributed by atoms with Crippen LogP contribution in [0.2, 0.25) is 0 Å². The van der Waals surface area contributed by atoms with E-state index in [1.165, 1.54) is 12.8 Å². The number of hydrogen-bond donors (Lipinski definition) is 2. The highest BCUT2D eigenvalue weighted by atomic mass is 16.1. The van der Waals surface area contributed by atoms with Gasteiger partial charge in [0.15, 0.2) is 0 Å². The first kappa shape index (κ1) is 12.1. The summed E-state index contributed by atoms with van der Waals surface area (Å²) in [5.41, 5.74) is 1.45. The van der Waals surface area contributed by atoms with Gasteiger partial charge < -0.3 is 10.6 Å². The average molecular weight is 236 g/mol. The number of amides is 1. The predicted octanol–water partition coefficient (Wildman–Crippen LogP) is 0.600. The lowest BCUT2D eigenvalue weighted by Crippen LogP contribution is -2.43. The molecule has 1 fully saturated rings. The Morgan fingerprint density at radius 2 is 2.47 bits per heavy atom. The summed E-state index contributed by atoms with van der Waals surface area (Å²) in [5.74, 6) is -0.0250. The number of carbonyl (C=O) groups is 1. The minimum Gasteiger partial charge on any atom is -0.350 e. The second kappa shape index (κ2) is 5.31. The molecule has 1 aliphatic rings. The lowest BCUT2D eigenvalue weighted by Gasteiger charge is -2.23. The monoisotopic (exact) mass is 236 g/mol. The maximum absolute atomic E-state index is 11.9. The van der Waals surface area contributed by atoms with E-state index < -0.39 is 0 Å². The van der Waals surface area contributed by atoms with Crippen molar-refractivity contribution in [1.29, 1.82) is 0 Å². The molecule has 0 spiro atoms. The Hall–Kier alpha value is -1.36. The first-order valence-electron chi connectivity index (χ1n) is 6.18. The van der Waals surface area contributed by atoms with Gasteiger partial charge in [0.25, 0.3) is 5.91 Å². The van der Waals surface area contributed by atoms with Crippen LogP contribution in [0.4, 0.5) is 0 Å². The molecule has 0 aliphatic carbocycles. The molecule has 2 heterocycles. The van der Waals surface area contributed by atoms with Gasteiger partial charge in [0, 0.05) is 25.8 Å². The molecule has 2 N–H and O–H groups in total. The molecule has 0 saturated carbocycles. The van der Waals surface area contributed by atoms with E-state index in [4.69, 9.17) is 0 Å². The number of rotatable bonds is 3. The van der Waals surface area contributed by atoms with Gasteiger partial charge in [-0.2, -0.15) is 5.10 Å². The van der Waals surface area contributed by atoms with Gasteiger partial charge in [0.1, 0.15) is 0 Å². The topological polar surface area (TPSA) is 59.0 Å². The molecule has 1 aromatic heterocycles. The zero-order valence-electron chi connectivity index (χ0n) is 10.5. The fourth-order valence-corrected chi connectivity index (χ4v) is 2.23. The van der Waals surface area contributed by atoms with Gasteiger partial charge in [-0.05, 0) is 26.3 Å². The molecule has 17 heavy (non-hydrogen) atoms. The van der Waals surface area contributed by atoms with Crippen LogP contribution in [-0.2, 0) is 7.05 Å². The van der Waals surface area contributed by atoms with Crippen molar-refractivity contribution in [1.82, 2.24) is 20.4 Å². The molecule has 1 amide bonds. The van der Waals surface area contributed by atoms with E-state index in [9.17, 15) is 4.79 Å². The number of carbonyl (C=O) groups excluding carboxylic acids is 1. The second-order valence-corrected chi connectivity index (χ2v) is 4.66. The van der Waals surface area contributed by atoms with Crippen molar-refractivity contribution in [3.63, 3.8) is 0 Å². The molecule has 5 heteroatoms. The second-order valence-electron chi connectivity index (χ2n) is 4.66. The van der Waals surface area contributed by atoms with Crippen LogP contribution in [-0.4, -0.2) is 34.8 Å². The van der Waals surface area contributed by atoms with E-state index in [0.29, 0.717) is 18.2 Å². The van der Waals surface area contributed by atoms with Crippen molar-refractivity contribution in [2.45, 2.75) is 32.2 Å². The molecule has 1 aliphatic heterocycles. The highest BCUT2D eigenvalue weighted by Crippen LogP contribution is 2.07. The first-order chi connectivity index (χ1) is 8.16. The third-order valence-electron chi connectivity index (χ3n) is 3.18. The molecule has 1 saturated heterocycles. The van der Waals surface area contributed by atoms with Gasteiger partial charge in [0.2, 0.25) is 0 Å². The summed E-state index contributed by atoms with van der Waals surface area (Å²) < 4.78 is 1.67. The molecule has 94 valence electrons. The van der Waals surface area contributed by atoms with Crippen molar-refractivity contribution in [3.05, 3.63) is 17.5 Å². The molecule has 2 rings (SSSR count). The Kier molecular flexibility index (Phi) is 3.78. The number of aryl methyl sites for hydroxylation is 2. The van der Waals surface area contributed by atoms with Crippen LogP contribution < -0.4 is 10.6 Å². The summed E-state index contributed by atoms with van der Waals surface area (Å²) in [7, 11) is 1.83. The van der Waals surface area contributed by atoms with Gasteiger partial charge in [-0.25, -0.2) is 0 Å². The Balaban J connectivity index is 1.86. The zero-order chi connectivity index (χ0) is 12.3. The largest absolute Gasteiger partial charge is 0.350 e. The van der Waals surface area contributed by atoms with Gasteiger partial charge >= 0.3 is 0 Å². The van der Waals surface area contributed by atoms with Gasteiger partial charge in [-0.3, -0.25) is 9.48 Å². The molecule has 5 nitrogen and oxygen atoms in total.